The van der Waals surface area contributed by atoms with Gasteiger partial charge < -0.3 is 0 Å². The third-order valence-corrected chi connectivity index (χ3v) is 4.74. The van der Waals surface area contributed by atoms with Gasteiger partial charge in [-0.2, -0.15) is 0 Å². The van der Waals surface area contributed by atoms with E-state index in [2.05, 4.69) is 20.7 Å². The first-order chi connectivity index (χ1) is 9.01. The lowest BCUT2D eigenvalue weighted by Crippen LogP contribution is -2.12. The molecular formula is C14H14BrNO2S. The summed E-state index contributed by atoms with van der Waals surface area (Å²) in [5.74, 6) is 0. The lowest BCUT2D eigenvalue weighted by Gasteiger charge is -2.08. The lowest BCUT2D eigenvalue weighted by atomic mass is 10.2. The van der Waals surface area contributed by atoms with Gasteiger partial charge in [0.25, 0.3) is 10.0 Å². The Hall–Kier alpha value is -1.33. The van der Waals surface area contributed by atoms with Gasteiger partial charge in [-0.05, 0) is 36.8 Å². The molecule has 0 bridgehead atoms. The van der Waals surface area contributed by atoms with Crippen LogP contribution in [0.25, 0.3) is 0 Å². The van der Waals surface area contributed by atoms with Crippen molar-refractivity contribution in [2.75, 3.05) is 4.72 Å². The molecule has 0 aliphatic rings. The Balaban J connectivity index is 2.23. The Labute approximate surface area is 121 Å². The Morgan fingerprint density at radius 2 is 1.58 bits per heavy atom. The zero-order chi connectivity index (χ0) is 13.9. The number of hydrogen-bond donors (Lipinski definition) is 1. The normalized spacial score (nSPS) is 11.3. The largest absolute Gasteiger partial charge is 0.280 e. The average Bonchev–Trinajstić information content (AvgIpc) is 2.40. The highest BCUT2D eigenvalue weighted by Gasteiger charge is 2.13. The van der Waals surface area contributed by atoms with Crippen molar-refractivity contribution in [3.63, 3.8) is 0 Å². The van der Waals surface area contributed by atoms with E-state index in [-0.39, 0.29) is 4.90 Å². The maximum Gasteiger partial charge on any atom is 0.261 e. The van der Waals surface area contributed by atoms with E-state index in [9.17, 15) is 8.42 Å². The molecule has 5 heteroatoms. The molecule has 1 N–H and O–H groups in total. The Morgan fingerprint density at radius 3 is 2.11 bits per heavy atom. The van der Waals surface area contributed by atoms with Crippen LogP contribution in [0.4, 0.5) is 5.69 Å². The summed E-state index contributed by atoms with van der Waals surface area (Å²) in [5.41, 5.74) is 2.68. The summed E-state index contributed by atoms with van der Waals surface area (Å²) in [6.07, 6.45) is 0. The minimum atomic E-state index is -3.51. The van der Waals surface area contributed by atoms with Crippen LogP contribution in [0.2, 0.25) is 0 Å². The highest BCUT2D eigenvalue weighted by molar-refractivity contribution is 9.08. The van der Waals surface area contributed by atoms with E-state index in [0.717, 1.165) is 16.5 Å². The highest BCUT2D eigenvalue weighted by atomic mass is 79.9. The molecule has 0 unspecified atom stereocenters. The first-order valence-electron chi connectivity index (χ1n) is 5.76. The number of aryl methyl sites for hydroxylation is 1. The van der Waals surface area contributed by atoms with Crippen LogP contribution < -0.4 is 4.72 Å². The van der Waals surface area contributed by atoms with Crippen LogP contribution in [-0.2, 0) is 15.4 Å². The number of benzene rings is 2. The number of hydrogen-bond acceptors (Lipinski definition) is 2. The Morgan fingerprint density at radius 1 is 1.00 bits per heavy atom. The van der Waals surface area contributed by atoms with Crippen LogP contribution >= 0.6 is 15.9 Å². The van der Waals surface area contributed by atoms with Gasteiger partial charge in [0, 0.05) is 11.0 Å². The Bertz CT molecular complexity index is 649. The molecule has 0 radical (unpaired) electrons. The van der Waals surface area contributed by atoms with Gasteiger partial charge in [-0.15, -0.1) is 0 Å². The van der Waals surface area contributed by atoms with E-state index in [1.54, 1.807) is 36.4 Å². The second kappa shape index (κ2) is 5.75. The van der Waals surface area contributed by atoms with E-state index < -0.39 is 10.0 Å². The summed E-state index contributed by atoms with van der Waals surface area (Å²) < 4.78 is 26.9. The summed E-state index contributed by atoms with van der Waals surface area (Å²) in [7, 11) is -3.51. The van der Waals surface area contributed by atoms with Crippen LogP contribution in [0.3, 0.4) is 0 Å². The summed E-state index contributed by atoms with van der Waals surface area (Å²) in [6.45, 7) is 1.92. The lowest BCUT2D eigenvalue weighted by molar-refractivity contribution is 0.601. The molecule has 0 atom stereocenters. The molecule has 0 fully saturated rings. The van der Waals surface area contributed by atoms with E-state index in [1.807, 2.05) is 19.1 Å². The summed E-state index contributed by atoms with van der Waals surface area (Å²) in [4.78, 5) is 0.266. The van der Waals surface area contributed by atoms with Crippen LogP contribution in [0.1, 0.15) is 11.1 Å². The number of rotatable bonds is 4. The predicted molar refractivity (Wildman–Crippen MR) is 81.1 cm³/mol. The third-order valence-electron chi connectivity index (χ3n) is 2.69. The van der Waals surface area contributed by atoms with Crippen molar-refractivity contribution < 1.29 is 8.42 Å². The van der Waals surface area contributed by atoms with Gasteiger partial charge in [0.2, 0.25) is 0 Å². The summed E-state index contributed by atoms with van der Waals surface area (Å²) in [6, 6.07) is 14.0. The number of nitrogens with one attached hydrogen (secondary N) is 1. The van der Waals surface area contributed by atoms with E-state index in [1.165, 1.54) is 0 Å². The van der Waals surface area contributed by atoms with E-state index in [0.29, 0.717) is 5.69 Å². The molecule has 0 saturated heterocycles. The van der Waals surface area contributed by atoms with Gasteiger partial charge in [0.15, 0.2) is 0 Å². The number of anilines is 1. The molecule has 2 rings (SSSR count). The van der Waals surface area contributed by atoms with Crippen molar-refractivity contribution in [1.29, 1.82) is 0 Å². The molecule has 2 aromatic rings. The standard InChI is InChI=1S/C14H14BrNO2S/c1-11-2-8-14(9-3-11)19(17,18)16-13-6-4-12(10-15)5-7-13/h2-9,16H,10H2,1H3. The fourth-order valence-corrected chi connectivity index (χ4v) is 3.03. The van der Waals surface area contributed by atoms with Crippen LogP contribution in [0.15, 0.2) is 53.4 Å². The fourth-order valence-electron chi connectivity index (χ4n) is 1.59. The first-order valence-corrected chi connectivity index (χ1v) is 8.36. The summed E-state index contributed by atoms with van der Waals surface area (Å²) in [5, 5.41) is 0.748. The maximum absolute atomic E-state index is 12.1. The molecule has 0 aliphatic carbocycles. The molecule has 19 heavy (non-hydrogen) atoms. The SMILES string of the molecule is Cc1ccc(S(=O)(=O)Nc2ccc(CBr)cc2)cc1. The maximum atomic E-state index is 12.1. The molecule has 0 aromatic heterocycles. The molecule has 100 valence electrons. The third kappa shape index (κ3) is 3.58. The second-order valence-corrected chi connectivity index (χ2v) is 6.49. The van der Waals surface area contributed by atoms with Crippen molar-refractivity contribution >= 4 is 31.6 Å². The van der Waals surface area contributed by atoms with Gasteiger partial charge in [0.05, 0.1) is 4.90 Å². The average molecular weight is 340 g/mol. The molecule has 0 saturated carbocycles. The van der Waals surface area contributed by atoms with Gasteiger partial charge >= 0.3 is 0 Å². The molecule has 0 amide bonds. The smallest absolute Gasteiger partial charge is 0.261 e. The highest BCUT2D eigenvalue weighted by Crippen LogP contribution is 2.17. The zero-order valence-electron chi connectivity index (χ0n) is 10.4. The quantitative estimate of drug-likeness (QED) is 0.863. The van der Waals surface area contributed by atoms with Gasteiger partial charge in [-0.3, -0.25) is 4.72 Å². The second-order valence-electron chi connectivity index (χ2n) is 4.25. The van der Waals surface area contributed by atoms with Crippen molar-refractivity contribution in [3.8, 4) is 0 Å². The molecule has 0 spiro atoms. The fraction of sp³-hybridized carbons (Fsp3) is 0.143. The minimum absolute atomic E-state index is 0.266. The van der Waals surface area contributed by atoms with Gasteiger partial charge in [-0.1, -0.05) is 45.8 Å². The monoisotopic (exact) mass is 339 g/mol. The van der Waals surface area contributed by atoms with Crippen molar-refractivity contribution in [2.24, 2.45) is 0 Å². The number of sulfonamides is 1. The molecule has 2 aromatic carbocycles. The minimum Gasteiger partial charge on any atom is -0.280 e. The topological polar surface area (TPSA) is 46.2 Å². The van der Waals surface area contributed by atoms with E-state index >= 15 is 0 Å². The van der Waals surface area contributed by atoms with Crippen LogP contribution in [0, 0.1) is 6.92 Å². The first kappa shape index (κ1) is 14.1. The molecule has 0 heterocycles. The van der Waals surface area contributed by atoms with Crippen LogP contribution in [-0.4, -0.2) is 8.42 Å². The Kier molecular flexibility index (Phi) is 4.27. The predicted octanol–water partition coefficient (Wildman–Crippen LogP) is 3.69. The van der Waals surface area contributed by atoms with Gasteiger partial charge in [-0.25, -0.2) is 8.42 Å². The van der Waals surface area contributed by atoms with Crippen molar-refractivity contribution in [1.82, 2.24) is 0 Å². The number of halogens is 1. The van der Waals surface area contributed by atoms with E-state index in [4.69, 9.17) is 0 Å². The number of alkyl halides is 1. The van der Waals surface area contributed by atoms with Crippen molar-refractivity contribution in [2.45, 2.75) is 17.1 Å². The zero-order valence-corrected chi connectivity index (χ0v) is 12.8. The van der Waals surface area contributed by atoms with Crippen LogP contribution in [0.5, 0.6) is 0 Å². The molecule has 0 aliphatic heterocycles. The molecular weight excluding hydrogens is 326 g/mol. The molecule has 3 nitrogen and oxygen atoms in total. The van der Waals surface area contributed by atoms with Gasteiger partial charge in [0.1, 0.15) is 0 Å². The summed E-state index contributed by atoms with van der Waals surface area (Å²) >= 11 is 3.35. The van der Waals surface area contributed by atoms with Crippen molar-refractivity contribution in [3.05, 3.63) is 59.7 Å².